The number of aryl methyl sites for hydroxylation is 1. The normalized spacial score (nSPS) is 34.9. The van der Waals surface area contributed by atoms with E-state index >= 15 is 0 Å². The lowest BCUT2D eigenvalue weighted by molar-refractivity contribution is -0.160. The highest BCUT2D eigenvalue weighted by Gasteiger charge is 2.61. The number of nitrogens with zero attached hydrogens (tertiary/aromatic N) is 1. The van der Waals surface area contributed by atoms with Gasteiger partial charge in [0.1, 0.15) is 4.90 Å². The molecule has 0 amide bonds. The number of benzene rings is 1. The number of esters is 1. The summed E-state index contributed by atoms with van der Waals surface area (Å²) in [6.45, 7) is 1.82. The first-order valence-corrected chi connectivity index (χ1v) is 11.3. The summed E-state index contributed by atoms with van der Waals surface area (Å²) in [4.78, 5) is 13.0. The van der Waals surface area contributed by atoms with Gasteiger partial charge in [-0.3, -0.25) is 4.79 Å². The summed E-state index contributed by atoms with van der Waals surface area (Å²) in [5.74, 6) is 0.734. The van der Waals surface area contributed by atoms with Gasteiger partial charge in [-0.05, 0) is 75.0 Å². The Bertz CT molecular complexity index is 881. The van der Waals surface area contributed by atoms with E-state index in [1.54, 1.807) is 18.2 Å². The lowest BCUT2D eigenvalue weighted by atomic mass is 9.49. The molecule has 0 aromatic heterocycles. The van der Waals surface area contributed by atoms with Gasteiger partial charge in [0.25, 0.3) is 0 Å². The van der Waals surface area contributed by atoms with Crippen molar-refractivity contribution in [2.24, 2.45) is 17.3 Å². The van der Waals surface area contributed by atoms with Gasteiger partial charge in [-0.1, -0.05) is 6.07 Å². The number of carbonyl (C=O) groups is 1. The smallest absolute Gasteiger partial charge is 0.317 e. The predicted octanol–water partition coefficient (Wildman–Crippen LogP) is 3.73. The molecular formula is C20H26ClNO4S. The van der Waals surface area contributed by atoms with Gasteiger partial charge in [-0.15, -0.1) is 11.6 Å². The van der Waals surface area contributed by atoms with Crippen LogP contribution in [0.3, 0.4) is 0 Å². The minimum absolute atomic E-state index is 0.0335. The molecule has 4 saturated carbocycles. The Labute approximate surface area is 166 Å². The molecule has 5 nitrogen and oxygen atoms in total. The molecule has 0 spiro atoms. The summed E-state index contributed by atoms with van der Waals surface area (Å²) in [6.07, 6.45) is 5.34. The van der Waals surface area contributed by atoms with E-state index in [9.17, 15) is 13.2 Å². The van der Waals surface area contributed by atoms with E-state index in [1.807, 2.05) is 6.92 Å². The molecule has 4 bridgehead atoms. The van der Waals surface area contributed by atoms with Gasteiger partial charge < -0.3 is 4.74 Å². The highest BCUT2D eigenvalue weighted by Crippen LogP contribution is 2.64. The molecule has 1 aromatic carbocycles. The third kappa shape index (κ3) is 3.19. The van der Waals surface area contributed by atoms with Gasteiger partial charge in [-0.25, -0.2) is 12.7 Å². The van der Waals surface area contributed by atoms with Crippen molar-refractivity contribution in [3.8, 4) is 5.75 Å². The second kappa shape index (κ2) is 6.19. The first-order valence-electron chi connectivity index (χ1n) is 9.47. The fourth-order valence-electron chi connectivity index (χ4n) is 5.70. The van der Waals surface area contributed by atoms with Gasteiger partial charge >= 0.3 is 5.97 Å². The highest BCUT2D eigenvalue weighted by molar-refractivity contribution is 7.89. The average molecular weight is 412 g/mol. The third-order valence-electron chi connectivity index (χ3n) is 6.48. The van der Waals surface area contributed by atoms with E-state index in [0.29, 0.717) is 18.3 Å². The Morgan fingerprint density at radius 3 is 2.37 bits per heavy atom. The van der Waals surface area contributed by atoms with Crippen molar-refractivity contribution in [1.82, 2.24) is 4.31 Å². The zero-order valence-electron chi connectivity index (χ0n) is 16.0. The first kappa shape index (κ1) is 19.2. The second-order valence-electron chi connectivity index (χ2n) is 9.02. The van der Waals surface area contributed by atoms with Crippen molar-refractivity contribution in [3.63, 3.8) is 0 Å². The molecule has 7 heteroatoms. The van der Waals surface area contributed by atoms with E-state index in [-0.39, 0.29) is 21.5 Å². The zero-order valence-corrected chi connectivity index (χ0v) is 17.6. The van der Waals surface area contributed by atoms with Crippen molar-refractivity contribution in [2.75, 3.05) is 14.1 Å². The fourth-order valence-corrected chi connectivity index (χ4v) is 7.48. The number of rotatable bonds is 4. The molecule has 0 saturated heterocycles. The molecule has 0 radical (unpaired) electrons. The Hall–Kier alpha value is -1.11. The SMILES string of the molecule is Cc1ccc(OC(=O)C23C[C@@H]4C[C@@H](CC(Cl)(C4)C2)C3)c(S(=O)(=O)N(C)C)c1. The summed E-state index contributed by atoms with van der Waals surface area (Å²) in [5.41, 5.74) is 0.223. The van der Waals surface area contributed by atoms with Crippen molar-refractivity contribution in [3.05, 3.63) is 23.8 Å². The predicted molar refractivity (Wildman–Crippen MR) is 103 cm³/mol. The van der Waals surface area contributed by atoms with Gasteiger partial charge in [0.15, 0.2) is 5.75 Å². The van der Waals surface area contributed by atoms with Gasteiger partial charge in [0.2, 0.25) is 10.0 Å². The van der Waals surface area contributed by atoms with E-state index in [4.69, 9.17) is 16.3 Å². The number of alkyl halides is 1. The minimum Gasteiger partial charge on any atom is -0.425 e. The van der Waals surface area contributed by atoms with Crippen LogP contribution in [0.5, 0.6) is 5.75 Å². The Morgan fingerprint density at radius 1 is 1.19 bits per heavy atom. The molecule has 4 atom stereocenters. The summed E-state index contributed by atoms with van der Waals surface area (Å²) in [6, 6.07) is 4.90. The van der Waals surface area contributed by atoms with Crippen molar-refractivity contribution in [1.29, 1.82) is 0 Å². The van der Waals surface area contributed by atoms with Gasteiger partial charge in [0, 0.05) is 19.0 Å². The number of halogens is 1. The molecule has 4 aliphatic rings. The first-order chi connectivity index (χ1) is 12.5. The van der Waals surface area contributed by atoms with Crippen LogP contribution in [0.2, 0.25) is 0 Å². The number of hydrogen-bond donors (Lipinski definition) is 0. The topological polar surface area (TPSA) is 63.7 Å². The minimum atomic E-state index is -3.71. The average Bonchev–Trinajstić information content (AvgIpc) is 2.53. The highest BCUT2D eigenvalue weighted by atomic mass is 35.5. The van der Waals surface area contributed by atoms with Gasteiger partial charge in [0.05, 0.1) is 5.41 Å². The lowest BCUT2D eigenvalue weighted by Crippen LogP contribution is -2.57. The molecule has 2 unspecified atom stereocenters. The van der Waals surface area contributed by atoms with Crippen LogP contribution in [0.25, 0.3) is 0 Å². The largest absolute Gasteiger partial charge is 0.425 e. The Balaban J connectivity index is 1.67. The van der Waals surface area contributed by atoms with E-state index in [2.05, 4.69) is 0 Å². The standard InChI is InChI=1S/C20H26ClNO4S/c1-13-4-5-16(17(6-13)27(24,25)22(2)3)26-18(23)19-8-14-7-15(9-19)11-20(21,10-14)12-19/h4-6,14-15H,7-12H2,1-3H3/t14-,15+,19?,20?. The van der Waals surface area contributed by atoms with Crippen LogP contribution < -0.4 is 4.74 Å². The van der Waals surface area contributed by atoms with Crippen LogP contribution in [0.1, 0.15) is 44.1 Å². The molecule has 0 N–H and O–H groups in total. The monoisotopic (exact) mass is 411 g/mol. The van der Waals surface area contributed by atoms with Gasteiger partial charge in [-0.2, -0.15) is 0 Å². The number of hydrogen-bond acceptors (Lipinski definition) is 4. The Morgan fingerprint density at radius 2 is 1.81 bits per heavy atom. The van der Waals surface area contributed by atoms with Crippen molar-refractivity contribution < 1.29 is 17.9 Å². The van der Waals surface area contributed by atoms with Crippen LogP contribution in [0.4, 0.5) is 0 Å². The number of ether oxygens (including phenoxy) is 1. The summed E-state index contributed by atoms with van der Waals surface area (Å²) in [5, 5.41) is 0. The van der Waals surface area contributed by atoms with Crippen molar-refractivity contribution in [2.45, 2.75) is 55.2 Å². The zero-order chi connectivity index (χ0) is 19.6. The maximum atomic E-state index is 13.3. The maximum absolute atomic E-state index is 13.3. The van der Waals surface area contributed by atoms with E-state index < -0.39 is 15.4 Å². The van der Waals surface area contributed by atoms with Crippen molar-refractivity contribution >= 4 is 27.6 Å². The van der Waals surface area contributed by atoms with Crippen LogP contribution in [0.15, 0.2) is 23.1 Å². The van der Waals surface area contributed by atoms with Crippen LogP contribution >= 0.6 is 11.6 Å². The van der Waals surface area contributed by atoms with E-state index in [1.165, 1.54) is 14.1 Å². The molecule has 0 heterocycles. The number of sulfonamides is 1. The quantitative estimate of drug-likeness (QED) is 0.430. The van der Waals surface area contributed by atoms with E-state index in [0.717, 1.165) is 42.0 Å². The fraction of sp³-hybridized carbons (Fsp3) is 0.650. The lowest BCUT2D eigenvalue weighted by Gasteiger charge is -2.58. The summed E-state index contributed by atoms with van der Waals surface area (Å²) in [7, 11) is -0.770. The maximum Gasteiger partial charge on any atom is 0.317 e. The molecule has 1 aromatic rings. The molecule has 27 heavy (non-hydrogen) atoms. The molecule has 4 aliphatic carbocycles. The molecule has 4 fully saturated rings. The molecule has 148 valence electrons. The summed E-state index contributed by atoms with van der Waals surface area (Å²) < 4.78 is 32.3. The second-order valence-corrected chi connectivity index (χ2v) is 11.9. The molecular weight excluding hydrogens is 386 g/mol. The molecule has 0 aliphatic heterocycles. The van der Waals surface area contributed by atoms with Crippen LogP contribution in [-0.2, 0) is 14.8 Å². The van der Waals surface area contributed by atoms with Crippen LogP contribution in [-0.4, -0.2) is 37.7 Å². The van der Waals surface area contributed by atoms with Crippen LogP contribution in [0, 0.1) is 24.2 Å². The third-order valence-corrected chi connectivity index (χ3v) is 8.76. The number of carbonyl (C=O) groups excluding carboxylic acids is 1. The molecule has 5 rings (SSSR count). The Kier molecular flexibility index (Phi) is 4.41. The summed E-state index contributed by atoms with van der Waals surface area (Å²) >= 11 is 6.82.